The Morgan fingerprint density at radius 3 is 2.80 bits per heavy atom. The zero-order chi connectivity index (χ0) is 10.9. The highest BCUT2D eigenvalue weighted by atomic mass is 16.5. The zero-order valence-corrected chi connectivity index (χ0v) is 9.48. The van der Waals surface area contributed by atoms with Gasteiger partial charge in [0.25, 0.3) is 0 Å². The van der Waals surface area contributed by atoms with E-state index in [-0.39, 0.29) is 12.1 Å². The van der Waals surface area contributed by atoms with Crippen LogP contribution >= 0.6 is 0 Å². The summed E-state index contributed by atoms with van der Waals surface area (Å²) < 4.78 is 5.39. The fourth-order valence-electron chi connectivity index (χ4n) is 2.76. The molecule has 1 aliphatic heterocycles. The molecule has 2 rings (SSSR count). The van der Waals surface area contributed by atoms with Crippen molar-refractivity contribution >= 4 is 0 Å². The monoisotopic (exact) mass is 214 g/mol. The van der Waals surface area contributed by atoms with Crippen molar-refractivity contribution in [3.63, 3.8) is 0 Å². The van der Waals surface area contributed by atoms with Crippen LogP contribution in [0.15, 0.2) is 0 Å². The van der Waals surface area contributed by atoms with E-state index < -0.39 is 0 Å². The average molecular weight is 214 g/mol. The maximum absolute atomic E-state index is 9.22. The molecule has 4 heteroatoms. The molecule has 2 aliphatic rings. The SMILES string of the molecule is CN(C1CCOC1)C1CCC(N)(CO)C1. The quantitative estimate of drug-likeness (QED) is 0.691. The molecule has 1 aliphatic carbocycles. The minimum absolute atomic E-state index is 0.110. The number of aliphatic hydroxyl groups is 1. The average Bonchev–Trinajstić information content (AvgIpc) is 2.86. The number of likely N-dealkylation sites (N-methyl/N-ethyl adjacent to an activating group) is 1. The van der Waals surface area contributed by atoms with E-state index in [1.54, 1.807) is 0 Å². The first-order valence-corrected chi connectivity index (χ1v) is 5.84. The standard InChI is InChI=1S/C11H22N2O2/c1-13(10-3-5-15-7-10)9-2-4-11(12,6-9)8-14/h9-10,14H,2-8,12H2,1H3. The number of hydrogen-bond donors (Lipinski definition) is 2. The van der Waals surface area contributed by atoms with E-state index in [0.717, 1.165) is 38.9 Å². The van der Waals surface area contributed by atoms with E-state index in [9.17, 15) is 5.11 Å². The molecule has 1 heterocycles. The third-order valence-corrected chi connectivity index (χ3v) is 3.99. The third kappa shape index (κ3) is 2.33. The van der Waals surface area contributed by atoms with Crippen molar-refractivity contribution in [3.05, 3.63) is 0 Å². The van der Waals surface area contributed by atoms with Crippen LogP contribution in [0.2, 0.25) is 0 Å². The molecule has 3 atom stereocenters. The van der Waals surface area contributed by atoms with Crippen LogP contribution in [0.3, 0.4) is 0 Å². The molecule has 3 unspecified atom stereocenters. The number of nitrogens with zero attached hydrogens (tertiary/aromatic N) is 1. The van der Waals surface area contributed by atoms with Crippen LogP contribution in [0.4, 0.5) is 0 Å². The van der Waals surface area contributed by atoms with Gasteiger partial charge >= 0.3 is 0 Å². The molecule has 3 N–H and O–H groups in total. The van der Waals surface area contributed by atoms with Crippen molar-refractivity contribution in [2.75, 3.05) is 26.9 Å². The first-order valence-electron chi connectivity index (χ1n) is 5.84. The van der Waals surface area contributed by atoms with Crippen molar-refractivity contribution in [3.8, 4) is 0 Å². The van der Waals surface area contributed by atoms with Crippen molar-refractivity contribution in [1.29, 1.82) is 0 Å². The predicted octanol–water partition coefficient (Wildman–Crippen LogP) is -0.0506. The molecule has 0 bridgehead atoms. The Balaban J connectivity index is 1.89. The van der Waals surface area contributed by atoms with Gasteiger partial charge in [0.1, 0.15) is 0 Å². The lowest BCUT2D eigenvalue weighted by Crippen LogP contribution is -2.45. The second kappa shape index (κ2) is 4.37. The molecule has 0 aromatic heterocycles. The van der Waals surface area contributed by atoms with Gasteiger partial charge in [-0.15, -0.1) is 0 Å². The number of aliphatic hydroxyl groups excluding tert-OH is 1. The van der Waals surface area contributed by atoms with E-state index in [4.69, 9.17) is 10.5 Å². The van der Waals surface area contributed by atoms with E-state index in [2.05, 4.69) is 11.9 Å². The predicted molar refractivity (Wildman–Crippen MR) is 58.6 cm³/mol. The summed E-state index contributed by atoms with van der Waals surface area (Å²) in [6.07, 6.45) is 4.08. The van der Waals surface area contributed by atoms with E-state index >= 15 is 0 Å². The van der Waals surface area contributed by atoms with Gasteiger partial charge in [-0.2, -0.15) is 0 Å². The molecule has 0 spiro atoms. The second-order valence-electron chi connectivity index (χ2n) is 5.10. The second-order valence-corrected chi connectivity index (χ2v) is 5.10. The molecule has 0 amide bonds. The van der Waals surface area contributed by atoms with Crippen molar-refractivity contribution in [1.82, 2.24) is 4.90 Å². The van der Waals surface area contributed by atoms with Gasteiger partial charge in [-0.05, 0) is 32.7 Å². The van der Waals surface area contributed by atoms with Gasteiger partial charge in [0.05, 0.1) is 13.2 Å². The molecule has 0 aromatic carbocycles. The van der Waals surface area contributed by atoms with Crippen LogP contribution in [0, 0.1) is 0 Å². The molecule has 1 saturated carbocycles. The van der Waals surface area contributed by atoms with Gasteiger partial charge in [0, 0.05) is 24.2 Å². The summed E-state index contributed by atoms with van der Waals surface area (Å²) in [7, 11) is 2.16. The van der Waals surface area contributed by atoms with Gasteiger partial charge in [-0.3, -0.25) is 4.90 Å². The fourth-order valence-corrected chi connectivity index (χ4v) is 2.76. The Kier molecular flexibility index (Phi) is 3.30. The van der Waals surface area contributed by atoms with Gasteiger partial charge in [0.2, 0.25) is 0 Å². The molecule has 0 aromatic rings. The topological polar surface area (TPSA) is 58.7 Å². The van der Waals surface area contributed by atoms with E-state index in [0.29, 0.717) is 12.1 Å². The Bertz CT molecular complexity index is 219. The number of rotatable bonds is 3. The largest absolute Gasteiger partial charge is 0.394 e. The molecular weight excluding hydrogens is 192 g/mol. The van der Waals surface area contributed by atoms with Gasteiger partial charge in [-0.25, -0.2) is 0 Å². The van der Waals surface area contributed by atoms with Crippen LogP contribution in [0.5, 0.6) is 0 Å². The molecular formula is C11H22N2O2. The summed E-state index contributed by atoms with van der Waals surface area (Å²) in [6, 6.07) is 1.07. The lowest BCUT2D eigenvalue weighted by Gasteiger charge is -2.30. The molecule has 88 valence electrons. The first kappa shape index (κ1) is 11.3. The van der Waals surface area contributed by atoms with E-state index in [1.165, 1.54) is 0 Å². The minimum atomic E-state index is -0.335. The van der Waals surface area contributed by atoms with Crippen molar-refractivity contribution < 1.29 is 9.84 Å². The van der Waals surface area contributed by atoms with E-state index in [1.807, 2.05) is 0 Å². The summed E-state index contributed by atoms with van der Waals surface area (Å²) in [6.45, 7) is 1.84. The Morgan fingerprint density at radius 1 is 1.47 bits per heavy atom. The third-order valence-electron chi connectivity index (χ3n) is 3.99. The Hall–Kier alpha value is -0.160. The summed E-state index contributed by atoms with van der Waals surface area (Å²) in [4.78, 5) is 2.40. The Morgan fingerprint density at radius 2 is 2.27 bits per heavy atom. The summed E-state index contributed by atoms with van der Waals surface area (Å²) in [5, 5.41) is 9.22. The molecule has 2 fully saturated rings. The van der Waals surface area contributed by atoms with Crippen molar-refractivity contribution in [2.45, 2.75) is 43.3 Å². The van der Waals surface area contributed by atoms with Gasteiger partial charge in [-0.1, -0.05) is 0 Å². The smallest absolute Gasteiger partial charge is 0.0622 e. The summed E-state index contributed by atoms with van der Waals surface area (Å²) in [5.41, 5.74) is 5.74. The number of ether oxygens (including phenoxy) is 1. The van der Waals surface area contributed by atoms with Crippen LogP contribution in [-0.4, -0.2) is 54.5 Å². The highest BCUT2D eigenvalue weighted by Gasteiger charge is 2.39. The maximum Gasteiger partial charge on any atom is 0.0622 e. The molecule has 1 saturated heterocycles. The normalized spacial score (nSPS) is 41.6. The lowest BCUT2D eigenvalue weighted by molar-refractivity contribution is 0.125. The summed E-state index contributed by atoms with van der Waals surface area (Å²) in [5.74, 6) is 0. The van der Waals surface area contributed by atoms with Gasteiger partial charge < -0.3 is 15.6 Å². The Labute approximate surface area is 91.4 Å². The highest BCUT2D eigenvalue weighted by molar-refractivity contribution is 4.97. The van der Waals surface area contributed by atoms with Crippen molar-refractivity contribution in [2.24, 2.45) is 5.73 Å². The van der Waals surface area contributed by atoms with Crippen LogP contribution < -0.4 is 5.73 Å². The fraction of sp³-hybridized carbons (Fsp3) is 1.00. The summed E-state index contributed by atoms with van der Waals surface area (Å²) >= 11 is 0. The molecule has 0 radical (unpaired) electrons. The van der Waals surface area contributed by atoms with Crippen LogP contribution in [0.1, 0.15) is 25.7 Å². The van der Waals surface area contributed by atoms with Gasteiger partial charge in [0.15, 0.2) is 0 Å². The molecule has 4 nitrogen and oxygen atoms in total. The number of nitrogens with two attached hydrogens (primary N) is 1. The zero-order valence-electron chi connectivity index (χ0n) is 9.48. The molecule has 15 heavy (non-hydrogen) atoms. The van der Waals surface area contributed by atoms with Crippen LogP contribution in [-0.2, 0) is 4.74 Å². The minimum Gasteiger partial charge on any atom is -0.394 e. The number of hydrogen-bond acceptors (Lipinski definition) is 4. The lowest BCUT2D eigenvalue weighted by atomic mass is 10.00. The maximum atomic E-state index is 9.22. The first-order chi connectivity index (χ1) is 7.14. The van der Waals surface area contributed by atoms with Crippen LogP contribution in [0.25, 0.3) is 0 Å². The highest BCUT2D eigenvalue weighted by Crippen LogP contribution is 2.32.